The topological polar surface area (TPSA) is 69.8 Å². The molecule has 1 saturated heterocycles. The van der Waals surface area contributed by atoms with E-state index in [1.54, 1.807) is 23.1 Å². The summed E-state index contributed by atoms with van der Waals surface area (Å²) in [6, 6.07) is 18.4. The molecule has 6 nitrogen and oxygen atoms in total. The predicted octanol–water partition coefficient (Wildman–Crippen LogP) is 3.01. The molecule has 3 aromatic rings. The third-order valence-corrected chi connectivity index (χ3v) is 4.57. The van der Waals surface area contributed by atoms with Crippen molar-refractivity contribution in [2.24, 2.45) is 0 Å². The number of hydrogen-bond acceptors (Lipinski definition) is 5. The number of aromatic nitrogens is 1. The summed E-state index contributed by atoms with van der Waals surface area (Å²) in [7, 11) is 0. The van der Waals surface area contributed by atoms with Crippen LogP contribution in [0.2, 0.25) is 0 Å². The van der Waals surface area contributed by atoms with Gasteiger partial charge in [0.05, 0.1) is 0 Å². The Morgan fingerprint density at radius 2 is 1.65 bits per heavy atom. The Kier molecular flexibility index (Phi) is 4.31. The van der Waals surface area contributed by atoms with E-state index in [0.717, 1.165) is 24.3 Å². The maximum Gasteiger partial charge on any atom is 0.276 e. The van der Waals surface area contributed by atoms with E-state index in [2.05, 4.69) is 10.1 Å². The molecule has 0 radical (unpaired) electrons. The van der Waals surface area contributed by atoms with Gasteiger partial charge < -0.3 is 19.4 Å². The Morgan fingerprint density at radius 3 is 2.35 bits per heavy atom. The van der Waals surface area contributed by atoms with Crippen molar-refractivity contribution in [1.82, 2.24) is 10.1 Å². The molecule has 0 aliphatic carbocycles. The van der Waals surface area contributed by atoms with Gasteiger partial charge in [-0.3, -0.25) is 4.79 Å². The largest absolute Gasteiger partial charge is 0.508 e. The van der Waals surface area contributed by atoms with Crippen molar-refractivity contribution in [1.29, 1.82) is 0 Å². The summed E-state index contributed by atoms with van der Waals surface area (Å²) in [5.74, 6) is 0.737. The lowest BCUT2D eigenvalue weighted by molar-refractivity contribution is 0.0736. The highest BCUT2D eigenvalue weighted by Crippen LogP contribution is 2.22. The first-order valence-electron chi connectivity index (χ1n) is 8.56. The molecule has 2 aromatic carbocycles. The molecule has 4 rings (SSSR count). The summed E-state index contributed by atoms with van der Waals surface area (Å²) in [5.41, 5.74) is 2.28. The molecule has 1 amide bonds. The van der Waals surface area contributed by atoms with Gasteiger partial charge >= 0.3 is 0 Å². The average molecular weight is 349 g/mol. The van der Waals surface area contributed by atoms with Gasteiger partial charge in [0.25, 0.3) is 5.91 Å². The molecule has 1 aliphatic rings. The van der Waals surface area contributed by atoms with Crippen LogP contribution in [-0.4, -0.2) is 47.2 Å². The van der Waals surface area contributed by atoms with Crippen LogP contribution < -0.4 is 4.90 Å². The molecule has 1 aliphatic heterocycles. The number of carbonyl (C=O) groups is 1. The molecular formula is C20H19N3O3. The van der Waals surface area contributed by atoms with Crippen molar-refractivity contribution >= 4 is 11.6 Å². The monoisotopic (exact) mass is 349 g/mol. The lowest BCUT2D eigenvalue weighted by Crippen LogP contribution is -2.48. The van der Waals surface area contributed by atoms with Crippen molar-refractivity contribution < 1.29 is 14.4 Å². The standard InChI is InChI=1S/C20H19N3O3/c24-17-8-6-16(7-9-17)22-10-12-23(13-11-22)20(25)18-14-19(26-21-18)15-4-2-1-3-5-15/h1-9,14,24H,10-13H2. The van der Waals surface area contributed by atoms with Crippen molar-refractivity contribution in [3.05, 3.63) is 66.4 Å². The van der Waals surface area contributed by atoms with Crippen molar-refractivity contribution in [3.63, 3.8) is 0 Å². The van der Waals surface area contributed by atoms with Gasteiger partial charge in [0.15, 0.2) is 11.5 Å². The highest BCUT2D eigenvalue weighted by Gasteiger charge is 2.25. The van der Waals surface area contributed by atoms with Gasteiger partial charge in [0, 0.05) is 43.5 Å². The number of phenolic OH excluding ortho intramolecular Hbond substituents is 1. The maximum absolute atomic E-state index is 12.7. The first kappa shape index (κ1) is 16.2. The fraction of sp³-hybridized carbons (Fsp3) is 0.200. The molecule has 0 saturated carbocycles. The van der Waals surface area contributed by atoms with E-state index in [-0.39, 0.29) is 11.7 Å². The summed E-state index contributed by atoms with van der Waals surface area (Å²) in [4.78, 5) is 16.7. The Labute approximate surface area is 151 Å². The van der Waals surface area contributed by atoms with Gasteiger partial charge in [-0.2, -0.15) is 0 Å². The molecule has 0 bridgehead atoms. The van der Waals surface area contributed by atoms with E-state index >= 15 is 0 Å². The van der Waals surface area contributed by atoms with Gasteiger partial charge in [0.1, 0.15) is 5.75 Å². The fourth-order valence-electron chi connectivity index (χ4n) is 3.11. The molecule has 1 fully saturated rings. The van der Waals surface area contributed by atoms with Gasteiger partial charge in [-0.1, -0.05) is 35.5 Å². The summed E-state index contributed by atoms with van der Waals surface area (Å²) in [5, 5.41) is 13.3. The zero-order valence-corrected chi connectivity index (χ0v) is 14.2. The molecule has 0 spiro atoms. The summed E-state index contributed by atoms with van der Waals surface area (Å²) in [6.07, 6.45) is 0. The molecule has 6 heteroatoms. The second-order valence-corrected chi connectivity index (χ2v) is 6.24. The number of piperazine rings is 1. The highest BCUT2D eigenvalue weighted by molar-refractivity contribution is 5.93. The molecule has 132 valence electrons. The predicted molar refractivity (Wildman–Crippen MR) is 98.2 cm³/mol. The summed E-state index contributed by atoms with van der Waals surface area (Å²) in [6.45, 7) is 2.71. The van der Waals surface area contributed by atoms with E-state index in [1.165, 1.54) is 0 Å². The molecule has 0 atom stereocenters. The Balaban J connectivity index is 1.41. The molecule has 2 heterocycles. The van der Waals surface area contributed by atoms with E-state index < -0.39 is 0 Å². The van der Waals surface area contributed by atoms with Crippen LogP contribution in [0.4, 0.5) is 5.69 Å². The van der Waals surface area contributed by atoms with Crippen LogP contribution in [0.1, 0.15) is 10.5 Å². The lowest BCUT2D eigenvalue weighted by atomic mass is 10.1. The number of amides is 1. The van der Waals surface area contributed by atoms with E-state index in [4.69, 9.17) is 4.52 Å². The first-order valence-corrected chi connectivity index (χ1v) is 8.56. The SMILES string of the molecule is O=C(c1cc(-c2ccccc2)on1)N1CCN(c2ccc(O)cc2)CC1. The second kappa shape index (κ2) is 6.92. The van der Waals surface area contributed by atoms with Crippen molar-refractivity contribution in [3.8, 4) is 17.1 Å². The number of nitrogens with zero attached hydrogens (tertiary/aromatic N) is 3. The third-order valence-electron chi connectivity index (χ3n) is 4.57. The molecule has 0 unspecified atom stereocenters. The maximum atomic E-state index is 12.7. The van der Waals surface area contributed by atoms with Crippen LogP contribution in [0.5, 0.6) is 5.75 Å². The number of aromatic hydroxyl groups is 1. The first-order chi connectivity index (χ1) is 12.7. The molecule has 26 heavy (non-hydrogen) atoms. The number of benzene rings is 2. The Bertz CT molecular complexity index is 882. The number of anilines is 1. The van der Waals surface area contributed by atoms with E-state index in [9.17, 15) is 9.90 Å². The van der Waals surface area contributed by atoms with Crippen LogP contribution in [0.25, 0.3) is 11.3 Å². The molecular weight excluding hydrogens is 330 g/mol. The minimum atomic E-state index is -0.110. The van der Waals surface area contributed by atoms with Crippen LogP contribution in [0.15, 0.2) is 65.2 Å². The van der Waals surface area contributed by atoms with Gasteiger partial charge in [-0.05, 0) is 24.3 Å². The quantitative estimate of drug-likeness (QED) is 0.787. The second-order valence-electron chi connectivity index (χ2n) is 6.24. The van der Waals surface area contributed by atoms with Crippen LogP contribution in [-0.2, 0) is 0 Å². The minimum absolute atomic E-state index is 0.110. The fourth-order valence-corrected chi connectivity index (χ4v) is 3.11. The smallest absolute Gasteiger partial charge is 0.276 e. The molecule has 1 N–H and O–H groups in total. The number of hydrogen-bond donors (Lipinski definition) is 1. The zero-order valence-electron chi connectivity index (χ0n) is 14.2. The van der Waals surface area contributed by atoms with Crippen LogP contribution >= 0.6 is 0 Å². The van der Waals surface area contributed by atoms with Crippen LogP contribution in [0, 0.1) is 0 Å². The summed E-state index contributed by atoms with van der Waals surface area (Å²) < 4.78 is 5.33. The third kappa shape index (κ3) is 3.26. The van der Waals surface area contributed by atoms with Gasteiger partial charge in [0.2, 0.25) is 0 Å². The number of carbonyl (C=O) groups excluding carboxylic acids is 1. The van der Waals surface area contributed by atoms with Crippen molar-refractivity contribution in [2.45, 2.75) is 0 Å². The molecule has 1 aromatic heterocycles. The normalized spacial score (nSPS) is 14.5. The minimum Gasteiger partial charge on any atom is -0.508 e. The highest BCUT2D eigenvalue weighted by atomic mass is 16.5. The van der Waals surface area contributed by atoms with Gasteiger partial charge in [-0.25, -0.2) is 0 Å². The van der Waals surface area contributed by atoms with E-state index in [1.807, 2.05) is 42.5 Å². The number of phenols is 1. The average Bonchev–Trinajstić information content (AvgIpc) is 3.19. The lowest BCUT2D eigenvalue weighted by Gasteiger charge is -2.35. The van der Waals surface area contributed by atoms with Crippen LogP contribution in [0.3, 0.4) is 0 Å². The summed E-state index contributed by atoms with van der Waals surface area (Å²) >= 11 is 0. The Morgan fingerprint density at radius 1 is 0.962 bits per heavy atom. The zero-order chi connectivity index (χ0) is 17.9. The van der Waals surface area contributed by atoms with Gasteiger partial charge in [-0.15, -0.1) is 0 Å². The van der Waals surface area contributed by atoms with E-state index in [0.29, 0.717) is 24.5 Å². The Hall–Kier alpha value is -3.28. The van der Waals surface area contributed by atoms with Crippen molar-refractivity contribution in [2.75, 3.05) is 31.1 Å². The number of rotatable bonds is 3.